The number of ether oxygens (including phenoxy) is 1. The molecule has 1 atom stereocenters. The molecule has 0 radical (unpaired) electrons. The molecule has 1 aliphatic heterocycles. The van der Waals surface area contributed by atoms with Gasteiger partial charge < -0.3 is 15.4 Å². The van der Waals surface area contributed by atoms with E-state index in [1.807, 2.05) is 12.3 Å². The molecule has 10 nitrogen and oxygen atoms in total. The summed E-state index contributed by atoms with van der Waals surface area (Å²) in [5.74, 6) is -0.696. The number of rotatable bonds is 8. The van der Waals surface area contributed by atoms with Crippen LogP contribution >= 0.6 is 11.3 Å². The number of hydrogen-bond donors (Lipinski definition) is 2. The monoisotopic (exact) mass is 602 g/mol. The molecule has 2 aliphatic rings. The first-order valence-corrected chi connectivity index (χ1v) is 16.0. The first kappa shape index (κ1) is 27.7. The number of aromatic nitrogens is 4. The van der Waals surface area contributed by atoms with E-state index in [1.54, 1.807) is 12.1 Å². The minimum atomic E-state index is -3.73. The molecule has 41 heavy (non-hydrogen) atoms. The Kier molecular flexibility index (Phi) is 7.24. The molecule has 1 saturated heterocycles. The van der Waals surface area contributed by atoms with Gasteiger partial charge in [-0.25, -0.2) is 32.2 Å². The third-order valence-corrected chi connectivity index (χ3v) is 8.99. The van der Waals surface area contributed by atoms with Gasteiger partial charge in [0, 0.05) is 35.8 Å². The zero-order valence-electron chi connectivity index (χ0n) is 22.4. The molecule has 14 heteroatoms. The highest BCUT2D eigenvalue weighted by molar-refractivity contribution is 7.90. The van der Waals surface area contributed by atoms with Gasteiger partial charge in [0.1, 0.15) is 17.6 Å². The third kappa shape index (κ3) is 5.68. The van der Waals surface area contributed by atoms with Gasteiger partial charge in [-0.15, -0.1) is 11.3 Å². The lowest BCUT2D eigenvalue weighted by atomic mass is 10.1. The number of fused-ring (bicyclic) bond motifs is 1. The van der Waals surface area contributed by atoms with Crippen molar-refractivity contribution in [2.24, 2.45) is 5.92 Å². The fourth-order valence-electron chi connectivity index (χ4n) is 4.91. The highest BCUT2D eigenvalue weighted by atomic mass is 32.2. The summed E-state index contributed by atoms with van der Waals surface area (Å²) in [5.41, 5.74) is 1.93. The number of aryl methyl sites for hydroxylation is 1. The average molecular weight is 603 g/mol. The number of hydrogen-bond acceptors (Lipinski definition) is 9. The molecule has 2 fully saturated rings. The fraction of sp³-hybridized carbons (Fsp3) is 0.407. The third-order valence-electron chi connectivity index (χ3n) is 7.08. The Morgan fingerprint density at radius 3 is 2.56 bits per heavy atom. The smallest absolute Gasteiger partial charge is 0.295 e. The average Bonchev–Trinajstić information content (AvgIpc) is 3.58. The number of halogens is 2. The van der Waals surface area contributed by atoms with E-state index >= 15 is 0 Å². The second-order valence-electron chi connectivity index (χ2n) is 10.3. The first-order chi connectivity index (χ1) is 19.6. The van der Waals surface area contributed by atoms with E-state index in [0.717, 1.165) is 36.9 Å². The van der Waals surface area contributed by atoms with Crippen LogP contribution in [-0.2, 0) is 19.4 Å². The van der Waals surface area contributed by atoms with Crippen LogP contribution in [0.1, 0.15) is 55.6 Å². The lowest BCUT2D eigenvalue weighted by molar-refractivity contribution is -0.117. The van der Waals surface area contributed by atoms with Crippen LogP contribution in [0, 0.1) is 12.8 Å². The van der Waals surface area contributed by atoms with E-state index in [2.05, 4.69) is 25.6 Å². The van der Waals surface area contributed by atoms with Gasteiger partial charge in [-0.3, -0.25) is 9.36 Å². The number of anilines is 3. The number of nitrogens with zero attached hydrogens (tertiary/aromatic N) is 4. The van der Waals surface area contributed by atoms with Gasteiger partial charge >= 0.3 is 0 Å². The first-order valence-electron chi connectivity index (χ1n) is 13.3. The van der Waals surface area contributed by atoms with Crippen LogP contribution in [0.3, 0.4) is 0 Å². The summed E-state index contributed by atoms with van der Waals surface area (Å²) in [6, 6.07) is 6.35. The normalized spacial score (nSPS) is 17.7. The van der Waals surface area contributed by atoms with E-state index in [9.17, 15) is 22.0 Å². The number of amides is 1. The Labute approximate surface area is 239 Å². The Hall–Kier alpha value is -3.49. The van der Waals surface area contributed by atoms with Crippen molar-refractivity contribution >= 4 is 55.4 Å². The Balaban J connectivity index is 1.50. The SMILES string of the molecule is Cc1nc(-c2ccc(Nc3cc(NC(=O)C4CC4)nc4c3nc(C(F)F)n4C3CCCCO3)c(S(C)(=O)=O)c2)cs1. The molecule has 1 unspecified atom stereocenters. The number of carbonyl (C=O) groups excluding carboxylic acids is 1. The maximum Gasteiger partial charge on any atom is 0.295 e. The summed E-state index contributed by atoms with van der Waals surface area (Å²) in [6.07, 6.45) is 1.14. The van der Waals surface area contributed by atoms with Gasteiger partial charge in [0.25, 0.3) is 6.43 Å². The van der Waals surface area contributed by atoms with E-state index in [-0.39, 0.29) is 45.1 Å². The number of carbonyl (C=O) groups is 1. The van der Waals surface area contributed by atoms with Gasteiger partial charge in [-0.1, -0.05) is 6.07 Å². The lowest BCUT2D eigenvalue weighted by Crippen LogP contribution is -2.21. The fourth-order valence-corrected chi connectivity index (χ4v) is 6.39. The molecule has 4 heterocycles. The summed E-state index contributed by atoms with van der Waals surface area (Å²) in [4.78, 5) is 25.8. The zero-order valence-corrected chi connectivity index (χ0v) is 24.0. The lowest BCUT2D eigenvalue weighted by Gasteiger charge is -2.25. The molecule has 1 aromatic carbocycles. The maximum atomic E-state index is 14.3. The van der Waals surface area contributed by atoms with Gasteiger partial charge in [-0.05, 0) is 51.2 Å². The Bertz CT molecular complexity index is 1740. The number of nitrogens with one attached hydrogen (secondary N) is 2. The van der Waals surface area contributed by atoms with Gasteiger partial charge in [0.05, 0.1) is 27.0 Å². The Morgan fingerprint density at radius 2 is 1.93 bits per heavy atom. The second-order valence-corrected chi connectivity index (χ2v) is 13.4. The van der Waals surface area contributed by atoms with E-state index < -0.39 is 28.3 Å². The van der Waals surface area contributed by atoms with Crippen LogP contribution < -0.4 is 10.6 Å². The number of benzene rings is 1. The minimum absolute atomic E-state index is 0.00156. The largest absolute Gasteiger partial charge is 0.358 e. The molecule has 216 valence electrons. The van der Waals surface area contributed by atoms with Gasteiger partial charge in [-0.2, -0.15) is 0 Å². The molecule has 1 amide bonds. The number of sulfone groups is 1. The summed E-state index contributed by atoms with van der Waals surface area (Å²) in [5, 5.41) is 8.57. The van der Waals surface area contributed by atoms with Crippen molar-refractivity contribution < 1.29 is 26.7 Å². The molecule has 1 aliphatic carbocycles. The Morgan fingerprint density at radius 1 is 1.12 bits per heavy atom. The molecular formula is C27H28F2N6O4S2. The summed E-state index contributed by atoms with van der Waals surface area (Å²) in [7, 11) is -3.73. The predicted molar refractivity (Wildman–Crippen MR) is 151 cm³/mol. The van der Waals surface area contributed by atoms with Crippen molar-refractivity contribution in [3.63, 3.8) is 0 Å². The van der Waals surface area contributed by atoms with Crippen molar-refractivity contribution in [2.45, 2.75) is 56.6 Å². The minimum Gasteiger partial charge on any atom is -0.358 e. The van der Waals surface area contributed by atoms with Crippen LogP contribution in [0.2, 0.25) is 0 Å². The number of imidazole rings is 1. The highest BCUT2D eigenvalue weighted by Gasteiger charge is 2.32. The zero-order chi connectivity index (χ0) is 28.9. The van der Waals surface area contributed by atoms with Gasteiger partial charge in [0.2, 0.25) is 5.91 Å². The van der Waals surface area contributed by atoms with Crippen molar-refractivity contribution in [2.75, 3.05) is 23.5 Å². The number of alkyl halides is 2. The molecule has 1 saturated carbocycles. The van der Waals surface area contributed by atoms with E-state index in [1.165, 1.54) is 28.0 Å². The van der Waals surface area contributed by atoms with Crippen LogP contribution in [0.5, 0.6) is 0 Å². The molecule has 0 bridgehead atoms. The summed E-state index contributed by atoms with van der Waals surface area (Å²) < 4.78 is 61.5. The van der Waals surface area contributed by atoms with Crippen LogP contribution in [0.25, 0.3) is 22.4 Å². The van der Waals surface area contributed by atoms with Crippen molar-refractivity contribution in [3.8, 4) is 11.3 Å². The second kappa shape index (κ2) is 10.7. The topological polar surface area (TPSA) is 128 Å². The van der Waals surface area contributed by atoms with E-state index in [0.29, 0.717) is 24.3 Å². The molecule has 6 rings (SSSR count). The van der Waals surface area contributed by atoms with Crippen molar-refractivity contribution in [1.29, 1.82) is 0 Å². The van der Waals surface area contributed by atoms with Crippen LogP contribution in [0.15, 0.2) is 34.5 Å². The van der Waals surface area contributed by atoms with Crippen molar-refractivity contribution in [3.05, 3.63) is 40.5 Å². The van der Waals surface area contributed by atoms with E-state index in [4.69, 9.17) is 4.74 Å². The molecule has 4 aromatic rings. The molecule has 3 aromatic heterocycles. The summed E-state index contributed by atoms with van der Waals surface area (Å²) >= 11 is 1.45. The predicted octanol–water partition coefficient (Wildman–Crippen LogP) is 6.00. The molecule has 2 N–H and O–H groups in total. The van der Waals surface area contributed by atoms with Crippen LogP contribution in [0.4, 0.5) is 26.0 Å². The molecular weight excluding hydrogens is 574 g/mol. The molecule has 0 spiro atoms. The quantitative estimate of drug-likeness (QED) is 0.252. The highest BCUT2D eigenvalue weighted by Crippen LogP contribution is 2.38. The maximum absolute atomic E-state index is 14.3. The number of pyridine rings is 1. The van der Waals surface area contributed by atoms with Crippen molar-refractivity contribution in [1.82, 2.24) is 19.5 Å². The number of thiazole rings is 1. The standard InChI is InChI=1S/C27H28F2N6O4S2/c1-14-30-19(13-40-14)16-8-9-17(20(11-16)41(2,37)38)31-18-12-21(33-27(36)15-6-7-15)32-25-23(18)34-26(24(28)29)35(25)22-5-3-4-10-39-22/h8-9,11-13,15,22,24H,3-7,10H2,1-2H3,(H2,31,32,33,36). The van der Waals surface area contributed by atoms with Crippen LogP contribution in [-0.4, -0.2) is 46.7 Å². The summed E-state index contributed by atoms with van der Waals surface area (Å²) in [6.45, 7) is 2.28. The van der Waals surface area contributed by atoms with Gasteiger partial charge in [0.15, 0.2) is 21.3 Å².